The average Bonchev–Trinajstić information content (AvgIpc) is 2.88. The van der Waals surface area contributed by atoms with Crippen LogP contribution in [0.1, 0.15) is 24.8 Å². The Morgan fingerprint density at radius 2 is 2.29 bits per heavy atom. The van der Waals surface area contributed by atoms with E-state index in [-0.39, 0.29) is 30.2 Å². The molecule has 2 unspecified atom stereocenters. The number of nitrogens with zero attached hydrogens (tertiary/aromatic N) is 1. The maximum absolute atomic E-state index is 13.9. The van der Waals surface area contributed by atoms with Gasteiger partial charge in [-0.25, -0.2) is 4.39 Å². The normalized spacial score (nSPS) is 21.3. The minimum Gasteiger partial charge on any atom is -0.334 e. The molecule has 0 radical (unpaired) electrons. The van der Waals surface area contributed by atoms with Gasteiger partial charge in [0.25, 0.3) is 0 Å². The maximum Gasteiger partial charge on any atom is 0.226 e. The lowest BCUT2D eigenvalue weighted by Crippen LogP contribution is -2.35. The summed E-state index contributed by atoms with van der Waals surface area (Å²) in [6.45, 7) is 4.35. The van der Waals surface area contributed by atoms with E-state index in [2.05, 4.69) is 22.5 Å². The van der Waals surface area contributed by atoms with E-state index in [4.69, 9.17) is 5.73 Å². The molecular formula is C16H20BrFN2O. The van der Waals surface area contributed by atoms with Gasteiger partial charge in [-0.2, -0.15) is 0 Å². The van der Waals surface area contributed by atoms with Crippen LogP contribution < -0.4 is 5.73 Å². The number of carbonyl (C=O) groups excluding carboxylic acids is 1. The Morgan fingerprint density at radius 3 is 2.90 bits per heavy atom. The molecule has 2 rings (SSSR count). The van der Waals surface area contributed by atoms with Crippen molar-refractivity contribution in [1.82, 2.24) is 4.90 Å². The van der Waals surface area contributed by atoms with Crippen LogP contribution in [0.4, 0.5) is 4.39 Å². The second-order valence-electron chi connectivity index (χ2n) is 5.51. The van der Waals surface area contributed by atoms with E-state index in [0.29, 0.717) is 18.5 Å². The van der Waals surface area contributed by atoms with E-state index >= 15 is 0 Å². The Morgan fingerprint density at radius 1 is 1.52 bits per heavy atom. The van der Waals surface area contributed by atoms with Gasteiger partial charge in [-0.3, -0.25) is 4.79 Å². The van der Waals surface area contributed by atoms with Crippen molar-refractivity contribution in [2.24, 2.45) is 11.7 Å². The van der Waals surface area contributed by atoms with E-state index < -0.39 is 0 Å². The molecule has 3 nitrogen and oxygen atoms in total. The molecule has 1 aliphatic carbocycles. The van der Waals surface area contributed by atoms with E-state index in [9.17, 15) is 9.18 Å². The summed E-state index contributed by atoms with van der Waals surface area (Å²) in [4.78, 5) is 14.2. The van der Waals surface area contributed by atoms with Gasteiger partial charge >= 0.3 is 0 Å². The highest BCUT2D eigenvalue weighted by atomic mass is 79.9. The average molecular weight is 355 g/mol. The van der Waals surface area contributed by atoms with Crippen LogP contribution in [0, 0.1) is 11.7 Å². The molecule has 1 amide bonds. The van der Waals surface area contributed by atoms with Gasteiger partial charge in [-0.1, -0.05) is 22.0 Å². The van der Waals surface area contributed by atoms with Gasteiger partial charge < -0.3 is 10.6 Å². The molecule has 114 valence electrons. The van der Waals surface area contributed by atoms with E-state index in [1.165, 1.54) is 6.07 Å². The standard InChI is InChI=1S/C16H20BrFN2O/c1-2-7-20(16(21)11-3-5-14(19)9-11)10-12-8-13(17)4-6-15(12)18/h2,4,6,8,11,14H,1,3,5,7,9-10,19H2. The monoisotopic (exact) mass is 354 g/mol. The summed E-state index contributed by atoms with van der Waals surface area (Å²) in [5, 5.41) is 0. The second kappa shape index (κ2) is 7.18. The fourth-order valence-electron chi connectivity index (χ4n) is 2.76. The molecule has 5 heteroatoms. The molecule has 1 aromatic carbocycles. The van der Waals surface area contributed by atoms with E-state index in [0.717, 1.165) is 17.3 Å². The third-order valence-corrected chi connectivity index (χ3v) is 4.35. The molecule has 0 aliphatic heterocycles. The molecule has 0 aromatic heterocycles. The largest absolute Gasteiger partial charge is 0.334 e. The summed E-state index contributed by atoms with van der Waals surface area (Å²) in [6.07, 6.45) is 4.08. The van der Waals surface area contributed by atoms with E-state index in [1.807, 2.05) is 0 Å². The topological polar surface area (TPSA) is 46.3 Å². The van der Waals surface area contributed by atoms with Gasteiger partial charge in [-0.15, -0.1) is 6.58 Å². The minimum absolute atomic E-state index is 0.0437. The first kappa shape index (κ1) is 16.2. The number of nitrogens with two attached hydrogens (primary N) is 1. The molecule has 2 atom stereocenters. The van der Waals surface area contributed by atoms with Gasteiger partial charge in [0.15, 0.2) is 0 Å². The fourth-order valence-corrected chi connectivity index (χ4v) is 3.17. The van der Waals surface area contributed by atoms with Gasteiger partial charge in [0.2, 0.25) is 5.91 Å². The first-order valence-corrected chi connectivity index (χ1v) is 7.89. The second-order valence-corrected chi connectivity index (χ2v) is 6.43. The Bertz CT molecular complexity index is 535. The van der Waals surface area contributed by atoms with Crippen LogP contribution >= 0.6 is 15.9 Å². The van der Waals surface area contributed by atoms with Crippen LogP contribution in [0.3, 0.4) is 0 Å². The van der Waals surface area contributed by atoms with Crippen molar-refractivity contribution in [2.75, 3.05) is 6.54 Å². The van der Waals surface area contributed by atoms with Gasteiger partial charge in [0.1, 0.15) is 5.82 Å². The third-order valence-electron chi connectivity index (χ3n) is 3.85. The quantitative estimate of drug-likeness (QED) is 0.825. The highest BCUT2D eigenvalue weighted by Crippen LogP contribution is 2.27. The molecule has 0 bridgehead atoms. The summed E-state index contributed by atoms with van der Waals surface area (Å²) in [5.74, 6) is -0.305. The zero-order chi connectivity index (χ0) is 15.4. The number of hydrogen-bond acceptors (Lipinski definition) is 2. The molecule has 1 aromatic rings. The SMILES string of the molecule is C=CCN(Cc1cc(Br)ccc1F)C(=O)C1CCC(N)C1. The number of benzene rings is 1. The molecular weight excluding hydrogens is 335 g/mol. The predicted octanol–water partition coefficient (Wildman–Crippen LogP) is 3.23. The van der Waals surface area contributed by atoms with E-state index in [1.54, 1.807) is 23.1 Å². The fraction of sp³-hybridized carbons (Fsp3) is 0.438. The van der Waals surface area contributed by atoms with Crippen LogP contribution in [0.5, 0.6) is 0 Å². The lowest BCUT2D eigenvalue weighted by atomic mass is 10.1. The zero-order valence-corrected chi connectivity index (χ0v) is 13.5. The van der Waals surface area contributed by atoms with Crippen molar-refractivity contribution in [3.8, 4) is 0 Å². The number of rotatable bonds is 5. The molecule has 1 fully saturated rings. The molecule has 0 heterocycles. The third kappa shape index (κ3) is 4.14. The van der Waals surface area contributed by atoms with Crippen LogP contribution in [-0.2, 0) is 11.3 Å². The molecule has 1 saturated carbocycles. The molecule has 0 spiro atoms. The van der Waals surface area contributed by atoms with Crippen molar-refractivity contribution in [1.29, 1.82) is 0 Å². The Balaban J connectivity index is 2.13. The smallest absolute Gasteiger partial charge is 0.226 e. The first-order chi connectivity index (χ1) is 10.0. The van der Waals surface area contributed by atoms with Crippen molar-refractivity contribution >= 4 is 21.8 Å². The van der Waals surface area contributed by atoms with Crippen LogP contribution in [0.2, 0.25) is 0 Å². The van der Waals surface area contributed by atoms with Crippen molar-refractivity contribution in [3.05, 3.63) is 46.7 Å². The summed E-state index contributed by atoms with van der Waals surface area (Å²) in [5.41, 5.74) is 6.38. The van der Waals surface area contributed by atoms with Crippen LogP contribution in [0.25, 0.3) is 0 Å². The predicted molar refractivity (Wildman–Crippen MR) is 85.0 cm³/mol. The van der Waals surface area contributed by atoms with Crippen molar-refractivity contribution in [2.45, 2.75) is 31.8 Å². The number of amides is 1. The Kier molecular flexibility index (Phi) is 5.53. The zero-order valence-electron chi connectivity index (χ0n) is 11.9. The summed E-state index contributed by atoms with van der Waals surface area (Å²) in [7, 11) is 0. The lowest BCUT2D eigenvalue weighted by molar-refractivity contribution is -0.135. The Labute approximate surface area is 133 Å². The highest BCUT2D eigenvalue weighted by molar-refractivity contribution is 9.10. The van der Waals surface area contributed by atoms with Crippen LogP contribution in [-0.4, -0.2) is 23.4 Å². The van der Waals surface area contributed by atoms with Gasteiger partial charge in [-0.05, 0) is 37.5 Å². The molecule has 1 aliphatic rings. The van der Waals surface area contributed by atoms with Gasteiger partial charge in [0, 0.05) is 35.1 Å². The van der Waals surface area contributed by atoms with Crippen molar-refractivity contribution in [3.63, 3.8) is 0 Å². The Hall–Kier alpha value is -1.20. The summed E-state index contributed by atoms with van der Waals surface area (Å²) < 4.78 is 14.7. The summed E-state index contributed by atoms with van der Waals surface area (Å²) in [6, 6.07) is 4.86. The van der Waals surface area contributed by atoms with Gasteiger partial charge in [0.05, 0.1) is 0 Å². The first-order valence-electron chi connectivity index (χ1n) is 7.10. The number of carbonyl (C=O) groups is 1. The highest BCUT2D eigenvalue weighted by Gasteiger charge is 2.30. The molecule has 0 saturated heterocycles. The van der Waals surface area contributed by atoms with Crippen LogP contribution in [0.15, 0.2) is 35.3 Å². The maximum atomic E-state index is 13.9. The number of hydrogen-bond donors (Lipinski definition) is 1. The number of halogens is 2. The molecule has 2 N–H and O–H groups in total. The lowest BCUT2D eigenvalue weighted by Gasteiger charge is -2.25. The molecule has 21 heavy (non-hydrogen) atoms. The minimum atomic E-state index is -0.303. The van der Waals surface area contributed by atoms with Crippen molar-refractivity contribution < 1.29 is 9.18 Å². The summed E-state index contributed by atoms with van der Waals surface area (Å²) >= 11 is 3.33.